The van der Waals surface area contributed by atoms with Crippen LogP contribution in [0.15, 0.2) is 24.4 Å². The van der Waals surface area contributed by atoms with Crippen LogP contribution in [-0.2, 0) is 4.74 Å². The van der Waals surface area contributed by atoms with Crippen LogP contribution in [0.1, 0.15) is 38.1 Å². The number of hydrogen-bond donors (Lipinski definition) is 0. The highest BCUT2D eigenvalue weighted by Crippen LogP contribution is 2.32. The number of carbonyl (C=O) groups is 1. The molecule has 23 heavy (non-hydrogen) atoms. The van der Waals surface area contributed by atoms with Gasteiger partial charge in [0.15, 0.2) is 0 Å². The van der Waals surface area contributed by atoms with Crippen LogP contribution in [-0.4, -0.2) is 37.3 Å². The highest BCUT2D eigenvalue weighted by atomic mass is 16.5. The van der Waals surface area contributed by atoms with Gasteiger partial charge in [-0.15, -0.1) is 0 Å². The van der Waals surface area contributed by atoms with Crippen molar-refractivity contribution in [2.75, 3.05) is 31.2 Å². The van der Waals surface area contributed by atoms with Crippen molar-refractivity contribution >= 4 is 22.6 Å². The first-order valence-corrected chi connectivity index (χ1v) is 8.13. The minimum absolute atomic E-state index is 0.341. The summed E-state index contributed by atoms with van der Waals surface area (Å²) in [6.45, 7) is 10.4. The molecule has 1 aromatic carbocycles. The number of nitrogens with zero attached hydrogens (tertiary/aromatic N) is 2. The molecule has 0 radical (unpaired) electrons. The molecule has 0 unspecified atom stereocenters. The van der Waals surface area contributed by atoms with Gasteiger partial charge in [0.2, 0.25) is 0 Å². The second kappa shape index (κ2) is 7.81. The first-order valence-electron chi connectivity index (χ1n) is 8.13. The van der Waals surface area contributed by atoms with E-state index in [0.717, 1.165) is 35.4 Å². The quantitative estimate of drug-likeness (QED) is 0.730. The number of pyridine rings is 1. The fourth-order valence-electron chi connectivity index (χ4n) is 2.65. The van der Waals surface area contributed by atoms with Crippen LogP contribution < -0.4 is 9.64 Å². The van der Waals surface area contributed by atoms with E-state index >= 15 is 0 Å². The molecule has 0 saturated carbocycles. The number of hydrogen-bond acceptors (Lipinski definition) is 5. The molecule has 0 saturated heterocycles. The van der Waals surface area contributed by atoms with Gasteiger partial charge in [0.25, 0.3) is 0 Å². The van der Waals surface area contributed by atoms with Gasteiger partial charge in [-0.2, -0.15) is 0 Å². The normalized spacial score (nSPS) is 10.6. The lowest BCUT2D eigenvalue weighted by molar-refractivity contribution is 0.0527. The van der Waals surface area contributed by atoms with E-state index in [2.05, 4.69) is 23.7 Å². The zero-order valence-corrected chi connectivity index (χ0v) is 14.3. The molecule has 1 heterocycles. The van der Waals surface area contributed by atoms with Gasteiger partial charge in [0, 0.05) is 24.7 Å². The van der Waals surface area contributed by atoms with E-state index in [0.29, 0.717) is 18.8 Å². The van der Waals surface area contributed by atoms with E-state index in [1.54, 1.807) is 13.1 Å². The average molecular weight is 316 g/mol. The van der Waals surface area contributed by atoms with Gasteiger partial charge in [-0.25, -0.2) is 4.79 Å². The Labute approximate surface area is 137 Å². The van der Waals surface area contributed by atoms with E-state index in [1.165, 1.54) is 0 Å². The Bertz CT molecular complexity index is 681. The van der Waals surface area contributed by atoms with Crippen molar-refractivity contribution < 1.29 is 14.3 Å². The molecule has 5 nitrogen and oxygen atoms in total. The maximum absolute atomic E-state index is 12.3. The second-order valence-corrected chi connectivity index (χ2v) is 5.03. The van der Waals surface area contributed by atoms with E-state index in [-0.39, 0.29) is 5.97 Å². The van der Waals surface area contributed by atoms with Crippen LogP contribution in [0, 0.1) is 0 Å². The smallest absolute Gasteiger partial charge is 0.341 e. The van der Waals surface area contributed by atoms with Crippen LogP contribution in [0.3, 0.4) is 0 Å². The van der Waals surface area contributed by atoms with Crippen molar-refractivity contribution in [3.05, 3.63) is 30.0 Å². The van der Waals surface area contributed by atoms with E-state index in [4.69, 9.17) is 9.47 Å². The Morgan fingerprint density at radius 1 is 1.13 bits per heavy atom. The van der Waals surface area contributed by atoms with E-state index in [1.807, 2.05) is 25.1 Å². The van der Waals surface area contributed by atoms with Crippen LogP contribution >= 0.6 is 0 Å². The number of fused-ring (bicyclic) bond motifs is 1. The lowest BCUT2D eigenvalue weighted by Crippen LogP contribution is -2.25. The number of esters is 1. The summed E-state index contributed by atoms with van der Waals surface area (Å²) in [7, 11) is 0. The molecule has 0 fully saturated rings. The van der Waals surface area contributed by atoms with Crippen LogP contribution in [0.25, 0.3) is 10.9 Å². The first-order chi connectivity index (χ1) is 11.2. The second-order valence-electron chi connectivity index (χ2n) is 5.03. The highest BCUT2D eigenvalue weighted by molar-refractivity contribution is 6.05. The number of rotatable bonds is 7. The SMILES string of the molecule is CCOC(=O)c1cnc2ccc(OCC)cc2c1N(CC)CC. The van der Waals surface area contributed by atoms with Gasteiger partial charge in [-0.3, -0.25) is 4.98 Å². The van der Waals surface area contributed by atoms with Crippen molar-refractivity contribution in [3.63, 3.8) is 0 Å². The first kappa shape index (κ1) is 17.1. The van der Waals surface area contributed by atoms with Crippen LogP contribution in [0.5, 0.6) is 5.75 Å². The average Bonchev–Trinajstić information content (AvgIpc) is 2.56. The van der Waals surface area contributed by atoms with Crippen molar-refractivity contribution in [1.29, 1.82) is 0 Å². The Morgan fingerprint density at radius 3 is 2.48 bits per heavy atom. The standard InChI is InChI=1S/C18H24N2O3/c1-5-20(6-2)17-14-11-13(22-7-3)9-10-16(14)19-12-15(17)18(21)23-8-4/h9-12H,5-8H2,1-4H3. The summed E-state index contributed by atoms with van der Waals surface area (Å²) in [5, 5.41) is 0.908. The molecule has 0 aliphatic rings. The zero-order valence-electron chi connectivity index (χ0n) is 14.3. The molecule has 2 aromatic rings. The number of ether oxygens (including phenoxy) is 2. The predicted octanol–water partition coefficient (Wildman–Crippen LogP) is 3.66. The molecular weight excluding hydrogens is 292 g/mol. The third-order valence-corrected chi connectivity index (χ3v) is 3.70. The van der Waals surface area contributed by atoms with Crippen LogP contribution in [0.4, 0.5) is 5.69 Å². The molecule has 0 N–H and O–H groups in total. The Kier molecular flexibility index (Phi) is 5.79. The van der Waals surface area contributed by atoms with Crippen molar-refractivity contribution in [3.8, 4) is 5.75 Å². The topological polar surface area (TPSA) is 51.7 Å². The number of benzene rings is 1. The third-order valence-electron chi connectivity index (χ3n) is 3.70. The van der Waals surface area contributed by atoms with Gasteiger partial charge >= 0.3 is 5.97 Å². The van der Waals surface area contributed by atoms with Gasteiger partial charge < -0.3 is 14.4 Å². The fraction of sp³-hybridized carbons (Fsp3) is 0.444. The Balaban J connectivity index is 2.69. The minimum atomic E-state index is -0.342. The molecule has 0 amide bonds. The molecular formula is C18H24N2O3. The summed E-state index contributed by atoms with van der Waals surface area (Å²) in [4.78, 5) is 18.9. The fourth-order valence-corrected chi connectivity index (χ4v) is 2.65. The third kappa shape index (κ3) is 3.55. The Hall–Kier alpha value is -2.30. The van der Waals surface area contributed by atoms with Crippen LogP contribution in [0.2, 0.25) is 0 Å². The lowest BCUT2D eigenvalue weighted by atomic mass is 10.1. The van der Waals surface area contributed by atoms with Gasteiger partial charge in [0.1, 0.15) is 11.3 Å². The molecule has 2 rings (SSSR count). The molecule has 5 heteroatoms. The Morgan fingerprint density at radius 2 is 1.87 bits per heavy atom. The maximum Gasteiger partial charge on any atom is 0.341 e. The summed E-state index contributed by atoms with van der Waals surface area (Å²) >= 11 is 0. The molecule has 0 aliphatic heterocycles. The van der Waals surface area contributed by atoms with Crippen molar-refractivity contribution in [1.82, 2.24) is 4.98 Å². The molecule has 124 valence electrons. The molecule has 0 bridgehead atoms. The number of anilines is 1. The summed E-state index contributed by atoms with van der Waals surface area (Å²) in [6, 6.07) is 5.76. The van der Waals surface area contributed by atoms with E-state index in [9.17, 15) is 4.79 Å². The van der Waals surface area contributed by atoms with Crippen molar-refractivity contribution in [2.24, 2.45) is 0 Å². The number of carbonyl (C=O) groups excluding carboxylic acids is 1. The summed E-state index contributed by atoms with van der Waals surface area (Å²) in [5.41, 5.74) is 2.19. The van der Waals surface area contributed by atoms with Gasteiger partial charge in [-0.1, -0.05) is 0 Å². The molecule has 1 aromatic heterocycles. The summed E-state index contributed by atoms with van der Waals surface area (Å²) < 4.78 is 10.8. The lowest BCUT2D eigenvalue weighted by Gasteiger charge is -2.25. The summed E-state index contributed by atoms with van der Waals surface area (Å²) in [5.74, 6) is 0.432. The van der Waals surface area contributed by atoms with Gasteiger partial charge in [-0.05, 0) is 45.9 Å². The van der Waals surface area contributed by atoms with E-state index < -0.39 is 0 Å². The highest BCUT2D eigenvalue weighted by Gasteiger charge is 2.20. The predicted molar refractivity (Wildman–Crippen MR) is 92.4 cm³/mol. The minimum Gasteiger partial charge on any atom is -0.494 e. The van der Waals surface area contributed by atoms with Gasteiger partial charge in [0.05, 0.1) is 24.4 Å². The number of aromatic nitrogens is 1. The monoisotopic (exact) mass is 316 g/mol. The molecule has 0 spiro atoms. The van der Waals surface area contributed by atoms with Crippen molar-refractivity contribution in [2.45, 2.75) is 27.7 Å². The zero-order chi connectivity index (χ0) is 16.8. The maximum atomic E-state index is 12.3. The molecule has 0 aliphatic carbocycles. The molecule has 0 atom stereocenters. The largest absolute Gasteiger partial charge is 0.494 e. The summed E-state index contributed by atoms with van der Waals surface area (Å²) in [6.07, 6.45) is 1.61.